The summed E-state index contributed by atoms with van der Waals surface area (Å²) in [5.41, 5.74) is 22.3. The van der Waals surface area contributed by atoms with E-state index in [4.69, 9.17) is 31.4 Å². The molecule has 6 aromatic heterocycles. The number of pyridine rings is 2. The van der Waals surface area contributed by atoms with Crippen molar-refractivity contribution in [3.63, 3.8) is 0 Å². The molecule has 0 spiro atoms. The van der Waals surface area contributed by atoms with Gasteiger partial charge in [-0.25, -0.2) is 29.9 Å². The maximum Gasteiger partial charge on any atom is 0.150 e. The van der Waals surface area contributed by atoms with E-state index in [-0.39, 0.29) is 11.8 Å². The second-order valence-electron chi connectivity index (χ2n) is 17.8. The summed E-state index contributed by atoms with van der Waals surface area (Å²) in [6.45, 7) is 3.68. The van der Waals surface area contributed by atoms with E-state index in [0.717, 1.165) is 67.1 Å². The molecule has 64 heavy (non-hydrogen) atoms. The van der Waals surface area contributed by atoms with Gasteiger partial charge in [0.15, 0.2) is 0 Å². The Morgan fingerprint density at radius 2 is 0.891 bits per heavy atom. The number of benzene rings is 4. The molecule has 0 radical (unpaired) electrons. The summed E-state index contributed by atoms with van der Waals surface area (Å²) in [7, 11) is 0. The molecule has 6 heterocycles. The number of anilines is 2. The summed E-state index contributed by atoms with van der Waals surface area (Å²) in [5.74, 6) is 2.57. The van der Waals surface area contributed by atoms with Crippen molar-refractivity contribution in [2.24, 2.45) is 0 Å². The first-order chi connectivity index (χ1) is 31.0. The van der Waals surface area contributed by atoms with Crippen LogP contribution in [0.2, 0.25) is 0 Å². The summed E-state index contributed by atoms with van der Waals surface area (Å²) in [6.07, 6.45) is 9.50. The molecule has 2 aliphatic rings. The minimum Gasteiger partial charge on any atom is -0.390 e. The molecular weight excluding hydrogens is 797 g/mol. The number of hydrogen-bond acceptors (Lipinski definition) is 10. The average Bonchev–Trinajstić information content (AvgIpc) is 3.88. The molecule has 2 saturated carbocycles. The number of rotatable bonds is 6. The number of fused-ring (bicyclic) bond motifs is 4. The summed E-state index contributed by atoms with van der Waals surface area (Å²) in [6, 6.07) is 42.0. The molecule has 4 aromatic carbocycles. The highest BCUT2D eigenvalue weighted by Crippen LogP contribution is 2.48. The molecular formula is C52H46N10O2. The first kappa shape index (κ1) is 39.3. The quantitative estimate of drug-likeness (QED) is 0.126. The van der Waals surface area contributed by atoms with Crippen molar-refractivity contribution in [3.05, 3.63) is 158 Å². The number of imidazole rings is 2. The zero-order chi connectivity index (χ0) is 43.7. The van der Waals surface area contributed by atoms with E-state index in [9.17, 15) is 10.2 Å². The van der Waals surface area contributed by atoms with Crippen LogP contribution in [-0.4, -0.2) is 60.1 Å². The number of hydrogen-bond donors (Lipinski definition) is 4. The molecule has 6 N–H and O–H groups in total. The Labute approximate surface area is 369 Å². The fourth-order valence-corrected chi connectivity index (χ4v) is 9.58. The average molecular weight is 843 g/mol. The Kier molecular flexibility index (Phi) is 9.26. The Balaban J connectivity index is 0.000000143. The Hall–Kier alpha value is -7.54. The first-order valence-electron chi connectivity index (χ1n) is 21.6. The molecule has 2 fully saturated rings. The lowest BCUT2D eigenvalue weighted by molar-refractivity contribution is -0.0340. The molecule has 0 bridgehead atoms. The number of nitrogens with two attached hydrogens (primary N) is 2. The van der Waals surface area contributed by atoms with E-state index in [2.05, 4.69) is 94.9 Å². The Morgan fingerprint density at radius 1 is 0.500 bits per heavy atom. The summed E-state index contributed by atoms with van der Waals surface area (Å²) in [4.78, 5) is 28.4. The van der Waals surface area contributed by atoms with Crippen LogP contribution in [0, 0.1) is 0 Å². The molecule has 0 unspecified atom stereocenters. The normalized spacial score (nSPS) is 20.5. The third-order valence-electron chi connectivity index (χ3n) is 12.8. The molecule has 0 saturated heterocycles. The lowest BCUT2D eigenvalue weighted by Crippen LogP contribution is -2.40. The van der Waals surface area contributed by atoms with Gasteiger partial charge in [-0.3, -0.25) is 8.80 Å². The van der Waals surface area contributed by atoms with E-state index in [1.54, 1.807) is 12.4 Å². The minimum atomic E-state index is -0.682. The SMILES string of the molecule is CC1(O)CC(c2nc(-c3nc(C4CC(C)(O)C4)n4ccnc(N)c34)c3c(N)nccn23)C1.c1ccc(-c2ccc3ccc(-c4ccc5ccc(-c6ccccc6)nc5c4)cc3n2)cc1. The number of nitrogen functional groups attached to an aromatic ring is 2. The van der Waals surface area contributed by atoms with Crippen LogP contribution in [0.5, 0.6) is 0 Å². The lowest BCUT2D eigenvalue weighted by Gasteiger charge is -2.40. The predicted molar refractivity (Wildman–Crippen MR) is 252 cm³/mol. The molecule has 0 atom stereocenters. The van der Waals surface area contributed by atoms with Crippen LogP contribution >= 0.6 is 0 Å². The first-order valence-corrected chi connectivity index (χ1v) is 21.6. The summed E-state index contributed by atoms with van der Waals surface area (Å²) < 4.78 is 3.90. The predicted octanol–water partition coefficient (Wildman–Crippen LogP) is 9.64. The van der Waals surface area contributed by atoms with Crippen molar-refractivity contribution in [1.29, 1.82) is 0 Å². The zero-order valence-corrected chi connectivity index (χ0v) is 35.5. The van der Waals surface area contributed by atoms with Crippen LogP contribution in [0.25, 0.3) is 77.9 Å². The van der Waals surface area contributed by atoms with E-state index >= 15 is 0 Å². The molecule has 316 valence electrons. The van der Waals surface area contributed by atoms with Crippen molar-refractivity contribution in [2.45, 2.75) is 62.6 Å². The standard InChI is InChI=1S/C30H20N2.C22H26N8O2/c1-3-7-21(8-4-1)27-17-15-23-11-13-25(19-29(23)31-27)26-14-12-24-16-18-28(32-30(24)20-26)22-9-5-2-6-10-22;1-21(31)7-11(8-21)19-27-13(15-17(23)25-3-5-29(15)19)14-16-18(24)26-4-6-30(16)20(28-14)12-9-22(2,32)10-12/h1-20H;3-6,11-12,31-32H,7-10H2,1-2H3,(H2,23,25)(H2,24,26). The van der Waals surface area contributed by atoms with Crippen LogP contribution in [0.15, 0.2) is 146 Å². The molecule has 12 rings (SSSR count). The highest BCUT2D eigenvalue weighted by Gasteiger charge is 2.44. The van der Waals surface area contributed by atoms with E-state index in [0.29, 0.717) is 59.7 Å². The van der Waals surface area contributed by atoms with Gasteiger partial charge in [-0.1, -0.05) is 97.1 Å². The Bertz CT molecular complexity index is 3160. The van der Waals surface area contributed by atoms with E-state index < -0.39 is 11.2 Å². The minimum absolute atomic E-state index is 0.110. The highest BCUT2D eigenvalue weighted by atomic mass is 16.3. The second-order valence-corrected chi connectivity index (χ2v) is 17.8. The van der Waals surface area contributed by atoms with Gasteiger partial charge in [0.1, 0.15) is 45.7 Å². The molecule has 12 nitrogen and oxygen atoms in total. The van der Waals surface area contributed by atoms with Crippen LogP contribution in [0.3, 0.4) is 0 Å². The van der Waals surface area contributed by atoms with Gasteiger partial charge in [-0.15, -0.1) is 0 Å². The lowest BCUT2D eigenvalue weighted by atomic mass is 9.72. The zero-order valence-electron chi connectivity index (χ0n) is 35.5. The monoisotopic (exact) mass is 842 g/mol. The second kappa shape index (κ2) is 15.1. The summed E-state index contributed by atoms with van der Waals surface area (Å²) >= 11 is 0. The van der Waals surface area contributed by atoms with Gasteiger partial charge >= 0.3 is 0 Å². The van der Waals surface area contributed by atoms with Gasteiger partial charge in [-0.2, -0.15) is 0 Å². The maximum absolute atomic E-state index is 10.3. The third-order valence-corrected chi connectivity index (χ3v) is 12.8. The van der Waals surface area contributed by atoms with Gasteiger partial charge in [0.25, 0.3) is 0 Å². The van der Waals surface area contributed by atoms with Gasteiger partial charge in [0.2, 0.25) is 0 Å². The van der Waals surface area contributed by atoms with Crippen LogP contribution in [-0.2, 0) is 0 Å². The molecule has 12 heteroatoms. The Morgan fingerprint density at radius 3 is 1.28 bits per heavy atom. The number of nitrogens with zero attached hydrogens (tertiary/aromatic N) is 8. The number of aromatic nitrogens is 8. The van der Waals surface area contributed by atoms with Crippen molar-refractivity contribution >= 4 is 44.5 Å². The van der Waals surface area contributed by atoms with Crippen molar-refractivity contribution in [3.8, 4) is 45.0 Å². The smallest absolute Gasteiger partial charge is 0.150 e. The van der Waals surface area contributed by atoms with Gasteiger partial charge in [-0.05, 0) is 74.9 Å². The van der Waals surface area contributed by atoms with E-state index in [1.807, 2.05) is 71.4 Å². The molecule has 0 amide bonds. The third kappa shape index (κ3) is 7.06. The number of aliphatic hydroxyl groups is 2. The van der Waals surface area contributed by atoms with Gasteiger partial charge in [0.05, 0.1) is 33.6 Å². The maximum atomic E-state index is 10.3. The fraction of sp³-hybridized carbons (Fsp3) is 0.192. The van der Waals surface area contributed by atoms with Gasteiger partial charge in [0, 0.05) is 58.5 Å². The molecule has 0 aliphatic heterocycles. The van der Waals surface area contributed by atoms with Gasteiger partial charge < -0.3 is 21.7 Å². The van der Waals surface area contributed by atoms with Crippen molar-refractivity contribution in [2.75, 3.05) is 11.5 Å². The summed E-state index contributed by atoms with van der Waals surface area (Å²) in [5, 5.41) is 22.8. The van der Waals surface area contributed by atoms with Crippen molar-refractivity contribution in [1.82, 2.24) is 38.7 Å². The van der Waals surface area contributed by atoms with E-state index in [1.165, 1.54) is 0 Å². The van der Waals surface area contributed by atoms with Crippen molar-refractivity contribution < 1.29 is 10.2 Å². The highest BCUT2D eigenvalue weighted by molar-refractivity contribution is 5.94. The van der Waals surface area contributed by atoms with Crippen LogP contribution < -0.4 is 11.5 Å². The topological polar surface area (TPSA) is 179 Å². The molecule has 2 aliphatic carbocycles. The van der Waals surface area contributed by atoms with Crippen LogP contribution in [0.1, 0.15) is 63.0 Å². The molecule has 10 aromatic rings. The fourth-order valence-electron chi connectivity index (χ4n) is 9.58. The van der Waals surface area contributed by atoms with Crippen LogP contribution in [0.4, 0.5) is 11.6 Å². The largest absolute Gasteiger partial charge is 0.390 e.